The highest BCUT2D eigenvalue weighted by molar-refractivity contribution is 7.89. The lowest BCUT2D eigenvalue weighted by atomic mass is 10.1. The predicted octanol–water partition coefficient (Wildman–Crippen LogP) is 3.33. The van der Waals surface area contributed by atoms with Crippen LogP contribution >= 0.6 is 0 Å². The number of sulfonamides is 1. The third-order valence-corrected chi connectivity index (χ3v) is 5.84. The second kappa shape index (κ2) is 10.1. The Morgan fingerprint density at radius 3 is 2.58 bits per heavy atom. The molecule has 12 heteroatoms. The van der Waals surface area contributed by atoms with E-state index in [2.05, 4.69) is 10.0 Å². The number of nitro groups is 1. The van der Waals surface area contributed by atoms with Crippen molar-refractivity contribution in [3.63, 3.8) is 0 Å². The number of nitrogens with one attached hydrogen (secondary N) is 2. The van der Waals surface area contributed by atoms with Crippen LogP contribution in [0, 0.1) is 10.1 Å². The number of anilines is 1. The van der Waals surface area contributed by atoms with Crippen molar-refractivity contribution in [1.29, 1.82) is 0 Å². The molecule has 0 atom stereocenters. The molecule has 0 unspecified atom stereocenters. The lowest BCUT2D eigenvalue weighted by Gasteiger charge is -2.12. The van der Waals surface area contributed by atoms with E-state index in [1.54, 1.807) is 19.1 Å². The summed E-state index contributed by atoms with van der Waals surface area (Å²) >= 11 is 0. The molecule has 0 aliphatic rings. The summed E-state index contributed by atoms with van der Waals surface area (Å²) in [6.45, 7) is 1.90. The van der Waals surface area contributed by atoms with Crippen LogP contribution in [0.15, 0.2) is 64.1 Å². The number of carbonyl (C=O) groups excluding carboxylic acids is 1. The van der Waals surface area contributed by atoms with E-state index in [4.69, 9.17) is 13.9 Å². The highest BCUT2D eigenvalue weighted by Crippen LogP contribution is 2.35. The molecule has 0 aliphatic carbocycles. The van der Waals surface area contributed by atoms with Crippen molar-refractivity contribution in [3.8, 4) is 11.5 Å². The van der Waals surface area contributed by atoms with Crippen LogP contribution in [-0.2, 0) is 16.6 Å². The van der Waals surface area contributed by atoms with Crippen LogP contribution in [0.1, 0.15) is 23.0 Å². The molecule has 174 valence electrons. The van der Waals surface area contributed by atoms with Gasteiger partial charge >= 0.3 is 0 Å². The number of carbonyl (C=O) groups is 1. The molecule has 1 aromatic heterocycles. The molecule has 3 aromatic rings. The van der Waals surface area contributed by atoms with Gasteiger partial charge in [0.15, 0.2) is 11.5 Å². The van der Waals surface area contributed by atoms with Crippen LogP contribution in [-0.4, -0.2) is 33.0 Å². The molecule has 33 heavy (non-hydrogen) atoms. The lowest BCUT2D eigenvalue weighted by Crippen LogP contribution is -2.23. The number of benzene rings is 2. The lowest BCUT2D eigenvalue weighted by molar-refractivity contribution is -0.385. The average Bonchev–Trinajstić information content (AvgIpc) is 3.31. The SMILES string of the molecule is CCOc1cc([N+](=O)[O-])c(C(=O)Nc2cccc(S(=O)(=O)NCc3ccco3)c2)cc1OC. The minimum absolute atomic E-state index is 0.0515. The molecule has 0 radical (unpaired) electrons. The van der Waals surface area contributed by atoms with Crippen LogP contribution in [0.2, 0.25) is 0 Å². The second-order valence-corrected chi connectivity index (χ2v) is 8.36. The van der Waals surface area contributed by atoms with E-state index in [9.17, 15) is 23.3 Å². The van der Waals surface area contributed by atoms with Crippen molar-refractivity contribution in [2.75, 3.05) is 19.0 Å². The van der Waals surface area contributed by atoms with Gasteiger partial charge in [-0.25, -0.2) is 13.1 Å². The van der Waals surface area contributed by atoms with Crippen molar-refractivity contribution in [1.82, 2.24) is 4.72 Å². The number of nitro benzene ring substituents is 1. The van der Waals surface area contributed by atoms with Gasteiger partial charge in [-0.3, -0.25) is 14.9 Å². The molecule has 1 amide bonds. The van der Waals surface area contributed by atoms with E-state index in [0.717, 1.165) is 6.07 Å². The fraction of sp³-hybridized carbons (Fsp3) is 0.190. The Morgan fingerprint density at radius 2 is 1.94 bits per heavy atom. The first-order chi connectivity index (χ1) is 15.7. The number of rotatable bonds is 10. The third-order valence-electron chi connectivity index (χ3n) is 4.44. The molecule has 0 saturated heterocycles. The van der Waals surface area contributed by atoms with Crippen molar-refractivity contribution >= 4 is 27.3 Å². The van der Waals surface area contributed by atoms with Gasteiger partial charge in [-0.05, 0) is 37.3 Å². The van der Waals surface area contributed by atoms with E-state index < -0.39 is 26.5 Å². The van der Waals surface area contributed by atoms with Crippen LogP contribution < -0.4 is 19.5 Å². The minimum Gasteiger partial charge on any atom is -0.493 e. The fourth-order valence-corrected chi connectivity index (χ4v) is 3.95. The summed E-state index contributed by atoms with van der Waals surface area (Å²) in [6.07, 6.45) is 1.43. The Labute approximate surface area is 189 Å². The summed E-state index contributed by atoms with van der Waals surface area (Å²) in [5.74, 6) is -0.119. The molecule has 0 spiro atoms. The molecule has 0 fully saturated rings. The Hall–Kier alpha value is -3.90. The topological polar surface area (TPSA) is 150 Å². The molecule has 0 aliphatic heterocycles. The summed E-state index contributed by atoms with van der Waals surface area (Å²) in [6, 6.07) is 11.0. The zero-order valence-corrected chi connectivity index (χ0v) is 18.5. The summed E-state index contributed by atoms with van der Waals surface area (Å²) < 4.78 is 43.2. The van der Waals surface area contributed by atoms with E-state index in [-0.39, 0.29) is 40.8 Å². The predicted molar refractivity (Wildman–Crippen MR) is 118 cm³/mol. The number of amides is 1. The normalized spacial score (nSPS) is 11.1. The molecule has 1 heterocycles. The van der Waals surface area contributed by atoms with Gasteiger partial charge in [0, 0.05) is 11.8 Å². The van der Waals surface area contributed by atoms with Gasteiger partial charge in [-0.2, -0.15) is 0 Å². The van der Waals surface area contributed by atoms with E-state index in [0.29, 0.717) is 5.76 Å². The Bertz CT molecular complexity index is 1260. The maximum Gasteiger partial charge on any atom is 0.286 e. The van der Waals surface area contributed by atoms with E-state index in [1.807, 2.05) is 0 Å². The number of methoxy groups -OCH3 is 1. The van der Waals surface area contributed by atoms with Gasteiger partial charge in [0.05, 0.1) is 42.4 Å². The largest absolute Gasteiger partial charge is 0.493 e. The van der Waals surface area contributed by atoms with E-state index in [1.165, 1.54) is 43.7 Å². The summed E-state index contributed by atoms with van der Waals surface area (Å²) in [5.41, 5.74) is -0.631. The van der Waals surface area contributed by atoms with Gasteiger partial charge < -0.3 is 19.2 Å². The van der Waals surface area contributed by atoms with Crippen LogP contribution in [0.5, 0.6) is 11.5 Å². The number of nitrogens with zero attached hydrogens (tertiary/aromatic N) is 1. The first kappa shape index (κ1) is 23.8. The van der Waals surface area contributed by atoms with Crippen LogP contribution in [0.4, 0.5) is 11.4 Å². The van der Waals surface area contributed by atoms with Crippen molar-refractivity contribution in [2.45, 2.75) is 18.4 Å². The molecule has 2 N–H and O–H groups in total. The summed E-state index contributed by atoms with van der Waals surface area (Å²) in [4.78, 5) is 23.5. The smallest absolute Gasteiger partial charge is 0.286 e. The van der Waals surface area contributed by atoms with Gasteiger partial charge in [0.25, 0.3) is 11.6 Å². The quantitative estimate of drug-likeness (QED) is 0.335. The molecule has 11 nitrogen and oxygen atoms in total. The number of hydrogen-bond acceptors (Lipinski definition) is 8. The highest BCUT2D eigenvalue weighted by Gasteiger charge is 2.25. The number of furan rings is 1. The standard InChI is InChI=1S/C21H21N3O8S/c1-3-31-20-12-18(24(26)27)17(11-19(20)30-2)21(25)23-14-6-4-8-16(10-14)33(28,29)22-13-15-7-5-9-32-15/h4-12,22H,3,13H2,1-2H3,(H,23,25). The second-order valence-electron chi connectivity index (χ2n) is 6.60. The van der Waals surface area contributed by atoms with Crippen molar-refractivity contribution in [2.24, 2.45) is 0 Å². The molecular weight excluding hydrogens is 454 g/mol. The van der Waals surface area contributed by atoms with Crippen molar-refractivity contribution < 1.29 is 32.0 Å². The van der Waals surface area contributed by atoms with Gasteiger partial charge in [-0.1, -0.05) is 6.07 Å². The Balaban J connectivity index is 1.85. The van der Waals surface area contributed by atoms with Gasteiger partial charge in [0.2, 0.25) is 10.0 Å². The van der Waals surface area contributed by atoms with Crippen LogP contribution in [0.3, 0.4) is 0 Å². The summed E-state index contributed by atoms with van der Waals surface area (Å²) in [7, 11) is -2.57. The number of hydrogen-bond donors (Lipinski definition) is 2. The summed E-state index contributed by atoms with van der Waals surface area (Å²) in [5, 5.41) is 14.0. The van der Waals surface area contributed by atoms with E-state index >= 15 is 0 Å². The molecule has 0 bridgehead atoms. The maximum absolute atomic E-state index is 12.8. The fourth-order valence-electron chi connectivity index (χ4n) is 2.91. The van der Waals surface area contributed by atoms with Crippen LogP contribution in [0.25, 0.3) is 0 Å². The highest BCUT2D eigenvalue weighted by atomic mass is 32.2. The first-order valence-corrected chi connectivity index (χ1v) is 11.2. The average molecular weight is 475 g/mol. The first-order valence-electron chi connectivity index (χ1n) is 9.68. The zero-order valence-electron chi connectivity index (χ0n) is 17.7. The maximum atomic E-state index is 12.8. The molecule has 0 saturated carbocycles. The van der Waals surface area contributed by atoms with Crippen molar-refractivity contribution in [3.05, 3.63) is 76.2 Å². The van der Waals surface area contributed by atoms with Gasteiger partial charge in [-0.15, -0.1) is 0 Å². The molecule has 2 aromatic carbocycles. The Kier molecular flexibility index (Phi) is 7.30. The molecular formula is C21H21N3O8S. The zero-order chi connectivity index (χ0) is 24.0. The minimum atomic E-state index is -3.91. The monoisotopic (exact) mass is 475 g/mol. The number of ether oxygens (including phenoxy) is 2. The molecule has 3 rings (SSSR count). The Morgan fingerprint density at radius 1 is 1.15 bits per heavy atom. The third kappa shape index (κ3) is 5.67. The van der Waals surface area contributed by atoms with Gasteiger partial charge in [0.1, 0.15) is 11.3 Å².